The van der Waals surface area contributed by atoms with E-state index in [-0.39, 0.29) is 5.60 Å². The van der Waals surface area contributed by atoms with E-state index in [0.717, 1.165) is 12.8 Å². The summed E-state index contributed by atoms with van der Waals surface area (Å²) in [5.74, 6) is 0. The summed E-state index contributed by atoms with van der Waals surface area (Å²) in [4.78, 5) is 0. The molecule has 2 nitrogen and oxygen atoms in total. The van der Waals surface area contributed by atoms with Gasteiger partial charge in [-0.25, -0.2) is 0 Å². The molecular formula is C12H20BrNOS. The molecule has 0 bridgehead atoms. The molecule has 0 aliphatic rings. The molecule has 1 rings (SSSR count). The van der Waals surface area contributed by atoms with E-state index >= 15 is 0 Å². The number of hydrogen-bond acceptors (Lipinski definition) is 3. The summed E-state index contributed by atoms with van der Waals surface area (Å²) in [5, 5.41) is 5.56. The average molecular weight is 306 g/mol. The first kappa shape index (κ1) is 14.2. The molecule has 1 aromatic rings. The van der Waals surface area contributed by atoms with Gasteiger partial charge in [-0.15, -0.1) is 11.3 Å². The Hall–Kier alpha value is 0.100. The van der Waals surface area contributed by atoms with Crippen molar-refractivity contribution in [2.75, 3.05) is 14.2 Å². The van der Waals surface area contributed by atoms with Crippen LogP contribution in [0.15, 0.2) is 15.2 Å². The highest BCUT2D eigenvalue weighted by atomic mass is 79.9. The fourth-order valence-corrected chi connectivity index (χ4v) is 2.81. The number of ether oxygens (including phenoxy) is 1. The van der Waals surface area contributed by atoms with E-state index in [1.807, 2.05) is 7.05 Å². The number of methoxy groups -OCH3 is 1. The van der Waals surface area contributed by atoms with Crippen LogP contribution in [-0.2, 0) is 4.74 Å². The van der Waals surface area contributed by atoms with E-state index in [1.54, 1.807) is 18.4 Å². The quantitative estimate of drug-likeness (QED) is 0.858. The highest BCUT2D eigenvalue weighted by molar-refractivity contribution is 9.11. The van der Waals surface area contributed by atoms with E-state index in [2.05, 4.69) is 46.5 Å². The molecule has 0 saturated carbocycles. The first-order valence-electron chi connectivity index (χ1n) is 5.45. The molecule has 0 saturated heterocycles. The van der Waals surface area contributed by atoms with Crippen molar-refractivity contribution in [1.82, 2.24) is 5.32 Å². The van der Waals surface area contributed by atoms with Crippen molar-refractivity contribution in [1.29, 1.82) is 0 Å². The van der Waals surface area contributed by atoms with Crippen LogP contribution in [0.3, 0.4) is 0 Å². The van der Waals surface area contributed by atoms with Crippen molar-refractivity contribution < 1.29 is 4.74 Å². The van der Waals surface area contributed by atoms with Crippen LogP contribution in [0.5, 0.6) is 0 Å². The Labute approximate surface area is 111 Å². The van der Waals surface area contributed by atoms with Crippen LogP contribution in [0, 0.1) is 0 Å². The second kappa shape index (κ2) is 6.15. The molecule has 0 amide bonds. The van der Waals surface area contributed by atoms with Crippen molar-refractivity contribution in [3.8, 4) is 0 Å². The normalized spacial score (nSPS) is 14.1. The standard InChI is InChI=1S/C12H20BrNOS/c1-12(2,15-4)6-5-10(14-3)9-7-11(13)16-8-9/h7-8,10,14H,5-6H2,1-4H3. The summed E-state index contributed by atoms with van der Waals surface area (Å²) in [6, 6.07) is 2.60. The highest BCUT2D eigenvalue weighted by Gasteiger charge is 2.19. The lowest BCUT2D eigenvalue weighted by molar-refractivity contribution is 0.0118. The van der Waals surface area contributed by atoms with Gasteiger partial charge in [0.15, 0.2) is 0 Å². The summed E-state index contributed by atoms with van der Waals surface area (Å²) in [6.45, 7) is 4.26. The van der Waals surface area contributed by atoms with Crippen LogP contribution in [0.1, 0.15) is 38.3 Å². The zero-order valence-electron chi connectivity index (χ0n) is 10.3. The second-order valence-corrected chi connectivity index (χ2v) is 6.82. The Balaban J connectivity index is 2.56. The molecule has 0 aliphatic heterocycles. The van der Waals surface area contributed by atoms with Gasteiger partial charge < -0.3 is 10.1 Å². The number of halogens is 1. The summed E-state index contributed by atoms with van der Waals surface area (Å²) in [6.07, 6.45) is 2.13. The van der Waals surface area contributed by atoms with Crippen LogP contribution in [-0.4, -0.2) is 19.8 Å². The summed E-state index contributed by atoms with van der Waals surface area (Å²) in [5.41, 5.74) is 1.31. The lowest BCUT2D eigenvalue weighted by Gasteiger charge is -2.25. The van der Waals surface area contributed by atoms with Crippen LogP contribution in [0.25, 0.3) is 0 Å². The number of thiophene rings is 1. The molecule has 92 valence electrons. The molecule has 1 unspecified atom stereocenters. The van der Waals surface area contributed by atoms with Crippen LogP contribution in [0.2, 0.25) is 0 Å². The molecule has 0 aromatic carbocycles. The van der Waals surface area contributed by atoms with E-state index in [0.29, 0.717) is 6.04 Å². The topological polar surface area (TPSA) is 21.3 Å². The Morgan fingerprint density at radius 1 is 1.56 bits per heavy atom. The minimum absolute atomic E-state index is 0.0393. The molecule has 0 fully saturated rings. The molecule has 0 spiro atoms. The fraction of sp³-hybridized carbons (Fsp3) is 0.667. The number of rotatable bonds is 6. The number of hydrogen-bond donors (Lipinski definition) is 1. The van der Waals surface area contributed by atoms with Gasteiger partial charge in [0.2, 0.25) is 0 Å². The Morgan fingerprint density at radius 2 is 2.25 bits per heavy atom. The van der Waals surface area contributed by atoms with Gasteiger partial charge in [0, 0.05) is 13.2 Å². The van der Waals surface area contributed by atoms with Crippen molar-refractivity contribution in [2.24, 2.45) is 0 Å². The zero-order chi connectivity index (χ0) is 12.2. The summed E-state index contributed by atoms with van der Waals surface area (Å²) in [7, 11) is 3.78. The first-order chi connectivity index (χ1) is 7.48. The van der Waals surface area contributed by atoms with Crippen molar-refractivity contribution >= 4 is 27.3 Å². The van der Waals surface area contributed by atoms with Crippen molar-refractivity contribution in [3.63, 3.8) is 0 Å². The monoisotopic (exact) mass is 305 g/mol. The second-order valence-electron chi connectivity index (χ2n) is 4.53. The maximum absolute atomic E-state index is 5.44. The van der Waals surface area contributed by atoms with Gasteiger partial charge in [-0.1, -0.05) is 0 Å². The van der Waals surface area contributed by atoms with E-state index in [4.69, 9.17) is 4.74 Å². The molecule has 0 radical (unpaired) electrons. The van der Waals surface area contributed by atoms with Crippen molar-refractivity contribution in [3.05, 3.63) is 20.8 Å². The maximum Gasteiger partial charge on any atom is 0.0701 e. The maximum atomic E-state index is 5.44. The van der Waals surface area contributed by atoms with Gasteiger partial charge in [-0.2, -0.15) is 0 Å². The predicted octanol–water partition coefficient (Wildman–Crippen LogP) is 3.98. The van der Waals surface area contributed by atoms with Crippen LogP contribution < -0.4 is 5.32 Å². The minimum atomic E-state index is -0.0393. The molecular weight excluding hydrogens is 286 g/mol. The van der Waals surface area contributed by atoms with Crippen LogP contribution in [0.4, 0.5) is 0 Å². The van der Waals surface area contributed by atoms with Gasteiger partial charge in [0.1, 0.15) is 0 Å². The Bertz CT molecular complexity index is 325. The summed E-state index contributed by atoms with van der Waals surface area (Å²) >= 11 is 5.23. The van der Waals surface area contributed by atoms with E-state index in [9.17, 15) is 0 Å². The molecule has 1 aromatic heterocycles. The Morgan fingerprint density at radius 3 is 2.69 bits per heavy atom. The van der Waals surface area contributed by atoms with Gasteiger partial charge in [-0.3, -0.25) is 0 Å². The van der Waals surface area contributed by atoms with Crippen LogP contribution >= 0.6 is 27.3 Å². The van der Waals surface area contributed by atoms with E-state index in [1.165, 1.54) is 9.35 Å². The number of nitrogens with one attached hydrogen (secondary N) is 1. The molecule has 0 aliphatic carbocycles. The van der Waals surface area contributed by atoms with Gasteiger partial charge >= 0.3 is 0 Å². The largest absolute Gasteiger partial charge is 0.379 e. The molecule has 1 heterocycles. The average Bonchev–Trinajstić information content (AvgIpc) is 2.66. The fourth-order valence-electron chi connectivity index (χ4n) is 1.58. The third-order valence-corrected chi connectivity index (χ3v) is 4.45. The first-order valence-corrected chi connectivity index (χ1v) is 7.12. The van der Waals surface area contributed by atoms with Gasteiger partial charge in [0.05, 0.1) is 9.39 Å². The third kappa shape index (κ3) is 4.17. The minimum Gasteiger partial charge on any atom is -0.379 e. The SMILES string of the molecule is CNC(CCC(C)(C)OC)c1csc(Br)c1. The molecule has 1 N–H and O–H groups in total. The van der Waals surface area contributed by atoms with Gasteiger partial charge in [0.25, 0.3) is 0 Å². The Kier molecular flexibility index (Phi) is 5.44. The third-order valence-electron chi connectivity index (χ3n) is 2.93. The lowest BCUT2D eigenvalue weighted by atomic mass is 9.96. The van der Waals surface area contributed by atoms with Gasteiger partial charge in [-0.05, 0) is 66.7 Å². The zero-order valence-corrected chi connectivity index (χ0v) is 12.7. The predicted molar refractivity (Wildman–Crippen MR) is 74.1 cm³/mol. The lowest BCUT2D eigenvalue weighted by Crippen LogP contribution is -2.25. The summed E-state index contributed by atoms with van der Waals surface area (Å²) < 4.78 is 6.63. The van der Waals surface area contributed by atoms with Crippen molar-refractivity contribution in [2.45, 2.75) is 38.3 Å². The molecule has 1 atom stereocenters. The smallest absolute Gasteiger partial charge is 0.0701 e. The molecule has 4 heteroatoms. The molecule has 16 heavy (non-hydrogen) atoms. The highest BCUT2D eigenvalue weighted by Crippen LogP contribution is 2.29. The van der Waals surface area contributed by atoms with E-state index < -0.39 is 0 Å².